The van der Waals surface area contributed by atoms with Crippen LogP contribution in [-0.4, -0.2) is 23.0 Å². The van der Waals surface area contributed by atoms with Gasteiger partial charge < -0.3 is 15.0 Å². The number of carbonyl (C=O) groups excluding carboxylic acids is 1. The van der Waals surface area contributed by atoms with E-state index in [1.54, 1.807) is 43.8 Å². The maximum absolute atomic E-state index is 12.3. The van der Waals surface area contributed by atoms with E-state index in [1.807, 2.05) is 24.3 Å². The molecule has 0 fully saturated rings. The number of amides is 1. The van der Waals surface area contributed by atoms with E-state index < -0.39 is 0 Å². The number of hydrogen-bond donors (Lipinski definition) is 2. The maximum Gasteiger partial charge on any atom is 0.255 e. The summed E-state index contributed by atoms with van der Waals surface area (Å²) in [5, 5.41) is 2.88. The van der Waals surface area contributed by atoms with Gasteiger partial charge in [-0.25, -0.2) is 4.98 Å². The maximum atomic E-state index is 12.3. The summed E-state index contributed by atoms with van der Waals surface area (Å²) in [6.45, 7) is 0. The highest BCUT2D eigenvalue weighted by molar-refractivity contribution is 6.04. The van der Waals surface area contributed by atoms with Crippen molar-refractivity contribution in [1.29, 1.82) is 0 Å². The van der Waals surface area contributed by atoms with Gasteiger partial charge in [0.25, 0.3) is 5.91 Å². The van der Waals surface area contributed by atoms with Crippen LogP contribution in [0.25, 0.3) is 11.4 Å². The monoisotopic (exact) mass is 293 g/mol. The largest absolute Gasteiger partial charge is 0.497 e. The Morgan fingerprint density at radius 2 is 2.05 bits per heavy atom. The Morgan fingerprint density at radius 3 is 2.82 bits per heavy atom. The second-order valence-electron chi connectivity index (χ2n) is 4.70. The highest BCUT2D eigenvalue weighted by atomic mass is 16.5. The Hall–Kier alpha value is -3.08. The van der Waals surface area contributed by atoms with Gasteiger partial charge in [0.2, 0.25) is 0 Å². The number of ether oxygens (including phenoxy) is 1. The lowest BCUT2D eigenvalue weighted by atomic mass is 10.1. The minimum Gasteiger partial charge on any atom is -0.497 e. The molecule has 0 aliphatic rings. The van der Waals surface area contributed by atoms with Gasteiger partial charge >= 0.3 is 0 Å². The molecular weight excluding hydrogens is 278 g/mol. The quantitative estimate of drug-likeness (QED) is 0.775. The van der Waals surface area contributed by atoms with Crippen LogP contribution in [0.1, 0.15) is 10.4 Å². The van der Waals surface area contributed by atoms with Crippen LogP contribution >= 0.6 is 0 Å². The lowest BCUT2D eigenvalue weighted by molar-refractivity contribution is 0.102. The Balaban J connectivity index is 1.80. The standard InChI is InChI=1S/C17H15N3O2/c1-22-15-7-3-5-13(11-15)17(21)20-14-6-2-4-12(10-14)16-18-8-9-19-16/h2-11H,1H3,(H,18,19)(H,20,21). The molecule has 2 aromatic carbocycles. The van der Waals surface area contributed by atoms with Crippen LogP contribution in [0, 0.1) is 0 Å². The van der Waals surface area contributed by atoms with Gasteiger partial charge in [0.15, 0.2) is 0 Å². The van der Waals surface area contributed by atoms with Crippen LogP contribution in [0.3, 0.4) is 0 Å². The highest BCUT2D eigenvalue weighted by Gasteiger charge is 2.08. The number of nitrogens with one attached hydrogen (secondary N) is 2. The van der Waals surface area contributed by atoms with Crippen molar-refractivity contribution in [1.82, 2.24) is 9.97 Å². The van der Waals surface area contributed by atoms with Crippen molar-refractivity contribution >= 4 is 11.6 Å². The topological polar surface area (TPSA) is 67.0 Å². The van der Waals surface area contributed by atoms with Crippen LogP contribution in [0.15, 0.2) is 60.9 Å². The summed E-state index contributed by atoms with van der Waals surface area (Å²) < 4.78 is 5.13. The van der Waals surface area contributed by atoms with Gasteiger partial charge in [0.05, 0.1) is 7.11 Å². The third-order valence-corrected chi connectivity index (χ3v) is 3.22. The fourth-order valence-electron chi connectivity index (χ4n) is 2.13. The normalized spacial score (nSPS) is 10.2. The molecule has 1 aromatic heterocycles. The lowest BCUT2D eigenvalue weighted by Gasteiger charge is -2.08. The number of aromatic amines is 1. The molecule has 1 amide bonds. The first kappa shape index (κ1) is 13.9. The fourth-order valence-corrected chi connectivity index (χ4v) is 2.13. The molecule has 0 saturated carbocycles. The number of rotatable bonds is 4. The summed E-state index contributed by atoms with van der Waals surface area (Å²) in [5.74, 6) is 1.23. The molecule has 0 saturated heterocycles. The van der Waals surface area contributed by atoms with Gasteiger partial charge in [-0.1, -0.05) is 18.2 Å². The molecule has 0 bridgehead atoms. The van der Waals surface area contributed by atoms with Crippen molar-refractivity contribution in [3.8, 4) is 17.1 Å². The molecule has 5 nitrogen and oxygen atoms in total. The van der Waals surface area contributed by atoms with Gasteiger partial charge in [-0.3, -0.25) is 4.79 Å². The molecule has 0 aliphatic heterocycles. The molecule has 0 spiro atoms. The van der Waals surface area contributed by atoms with Crippen molar-refractivity contribution in [2.45, 2.75) is 0 Å². The minimum absolute atomic E-state index is 0.185. The molecular formula is C17H15N3O2. The molecule has 0 atom stereocenters. The van der Waals surface area contributed by atoms with Gasteiger partial charge in [0, 0.05) is 29.2 Å². The first-order chi connectivity index (χ1) is 10.8. The van der Waals surface area contributed by atoms with Crippen molar-refractivity contribution in [2.75, 3.05) is 12.4 Å². The second kappa shape index (κ2) is 6.13. The highest BCUT2D eigenvalue weighted by Crippen LogP contribution is 2.20. The molecule has 22 heavy (non-hydrogen) atoms. The van der Waals surface area contributed by atoms with Gasteiger partial charge in [0.1, 0.15) is 11.6 Å². The number of imidazole rings is 1. The Morgan fingerprint density at radius 1 is 1.18 bits per heavy atom. The van der Waals surface area contributed by atoms with Gasteiger partial charge in [-0.2, -0.15) is 0 Å². The summed E-state index contributed by atoms with van der Waals surface area (Å²) in [4.78, 5) is 19.5. The number of hydrogen-bond acceptors (Lipinski definition) is 3. The molecule has 1 heterocycles. The summed E-state index contributed by atoms with van der Waals surface area (Å²) >= 11 is 0. The average molecular weight is 293 g/mol. The third kappa shape index (κ3) is 2.98. The fraction of sp³-hybridized carbons (Fsp3) is 0.0588. The van der Waals surface area contributed by atoms with Crippen LogP contribution in [-0.2, 0) is 0 Å². The molecule has 3 rings (SSSR count). The number of H-pyrrole nitrogens is 1. The second-order valence-corrected chi connectivity index (χ2v) is 4.70. The van der Waals surface area contributed by atoms with E-state index in [0.29, 0.717) is 17.0 Å². The molecule has 0 aliphatic carbocycles. The van der Waals surface area contributed by atoms with Crippen molar-refractivity contribution < 1.29 is 9.53 Å². The van der Waals surface area contributed by atoms with E-state index in [1.165, 1.54) is 0 Å². The van der Waals surface area contributed by atoms with Crippen molar-refractivity contribution in [2.24, 2.45) is 0 Å². The molecule has 0 radical (unpaired) electrons. The number of carbonyl (C=O) groups is 1. The summed E-state index contributed by atoms with van der Waals surface area (Å²) in [7, 11) is 1.57. The number of methoxy groups -OCH3 is 1. The number of aromatic nitrogens is 2. The Bertz CT molecular complexity index is 782. The Kier molecular flexibility index (Phi) is 3.87. The smallest absolute Gasteiger partial charge is 0.255 e. The van der Waals surface area contributed by atoms with Crippen LogP contribution < -0.4 is 10.1 Å². The molecule has 3 aromatic rings. The predicted molar refractivity (Wildman–Crippen MR) is 85.0 cm³/mol. The van der Waals surface area contributed by atoms with Crippen LogP contribution in [0.5, 0.6) is 5.75 Å². The predicted octanol–water partition coefficient (Wildman–Crippen LogP) is 3.34. The van der Waals surface area contributed by atoms with E-state index >= 15 is 0 Å². The summed E-state index contributed by atoms with van der Waals surface area (Å²) in [5.41, 5.74) is 2.16. The van der Waals surface area contributed by atoms with Crippen LogP contribution in [0.2, 0.25) is 0 Å². The molecule has 5 heteroatoms. The van der Waals surface area contributed by atoms with Gasteiger partial charge in [-0.05, 0) is 30.3 Å². The lowest BCUT2D eigenvalue weighted by Crippen LogP contribution is -2.11. The Labute approximate surface area is 128 Å². The molecule has 2 N–H and O–H groups in total. The molecule has 110 valence electrons. The van der Waals surface area contributed by atoms with E-state index in [2.05, 4.69) is 15.3 Å². The van der Waals surface area contributed by atoms with Crippen molar-refractivity contribution in [3.63, 3.8) is 0 Å². The summed E-state index contributed by atoms with van der Waals surface area (Å²) in [6, 6.07) is 14.5. The number of nitrogens with zero attached hydrogens (tertiary/aromatic N) is 1. The summed E-state index contributed by atoms with van der Waals surface area (Å²) in [6.07, 6.45) is 3.45. The van der Waals surface area contributed by atoms with E-state index in [0.717, 1.165) is 11.4 Å². The zero-order chi connectivity index (χ0) is 15.4. The SMILES string of the molecule is COc1cccc(C(=O)Nc2cccc(-c3ncc[nH]3)c2)c1. The molecule has 0 unspecified atom stereocenters. The zero-order valence-electron chi connectivity index (χ0n) is 12.0. The van der Waals surface area contributed by atoms with E-state index in [-0.39, 0.29) is 5.91 Å². The number of anilines is 1. The van der Waals surface area contributed by atoms with E-state index in [9.17, 15) is 4.79 Å². The third-order valence-electron chi connectivity index (χ3n) is 3.22. The zero-order valence-corrected chi connectivity index (χ0v) is 12.0. The first-order valence-electron chi connectivity index (χ1n) is 6.81. The van der Waals surface area contributed by atoms with E-state index in [4.69, 9.17) is 4.74 Å². The number of benzene rings is 2. The first-order valence-corrected chi connectivity index (χ1v) is 6.81. The van der Waals surface area contributed by atoms with Gasteiger partial charge in [-0.15, -0.1) is 0 Å². The van der Waals surface area contributed by atoms with Crippen molar-refractivity contribution in [3.05, 3.63) is 66.5 Å². The van der Waals surface area contributed by atoms with Crippen LogP contribution in [0.4, 0.5) is 5.69 Å². The average Bonchev–Trinajstić information content (AvgIpc) is 3.10. The minimum atomic E-state index is -0.185.